The molecule has 25 heavy (non-hydrogen) atoms. The molecule has 1 N–H and O–H groups in total. The zero-order chi connectivity index (χ0) is 17.2. The van der Waals surface area contributed by atoms with E-state index in [4.69, 9.17) is 17.0 Å². The molecular formula is C19H24N4OS. The molecule has 0 unspecified atom stereocenters. The van der Waals surface area contributed by atoms with Crippen LogP contribution in [0.5, 0.6) is 0 Å². The molecule has 0 bridgehead atoms. The lowest BCUT2D eigenvalue weighted by atomic mass is 10.0. The fraction of sp³-hybridized carbons (Fsp3) is 0.474. The number of aromatic nitrogens is 2. The summed E-state index contributed by atoms with van der Waals surface area (Å²) in [6, 6.07) is 10.5. The Morgan fingerprint density at radius 3 is 2.96 bits per heavy atom. The van der Waals surface area contributed by atoms with Crippen molar-refractivity contribution in [2.24, 2.45) is 0 Å². The van der Waals surface area contributed by atoms with E-state index in [2.05, 4.69) is 51.1 Å². The molecular weight excluding hydrogens is 332 g/mol. The average molecular weight is 356 g/mol. The van der Waals surface area contributed by atoms with Crippen molar-refractivity contribution in [1.29, 1.82) is 0 Å². The Bertz CT molecular complexity index is 726. The molecule has 0 saturated carbocycles. The number of thiocarbonyl (C=S) groups is 1. The van der Waals surface area contributed by atoms with Crippen LogP contribution in [0.1, 0.15) is 43.2 Å². The Morgan fingerprint density at radius 1 is 1.32 bits per heavy atom. The van der Waals surface area contributed by atoms with Crippen molar-refractivity contribution < 1.29 is 4.74 Å². The maximum atomic E-state index is 5.87. The molecule has 2 aromatic rings. The zero-order valence-electron chi connectivity index (χ0n) is 14.5. The maximum Gasteiger partial charge on any atom is 0.170 e. The van der Waals surface area contributed by atoms with Crippen molar-refractivity contribution >= 4 is 17.3 Å². The standard InChI is InChI=1S/C19H24N4OS/c1-2-22-11-5-9-16(22)18-17(15-8-3-4-10-20-15)21-19(25)23(18)13-14-7-6-12-24-14/h3-5,8-11,14,17-18H,2,6-7,12-13H2,1H3,(H,21,25)/t14-,17+,18-/m1/s1. The highest BCUT2D eigenvalue weighted by Gasteiger charge is 2.42. The first-order valence-electron chi connectivity index (χ1n) is 9.02. The molecule has 5 nitrogen and oxygen atoms in total. The third kappa shape index (κ3) is 3.16. The van der Waals surface area contributed by atoms with Gasteiger partial charge >= 0.3 is 0 Å². The van der Waals surface area contributed by atoms with Gasteiger partial charge in [0.25, 0.3) is 0 Å². The summed E-state index contributed by atoms with van der Waals surface area (Å²) >= 11 is 5.70. The summed E-state index contributed by atoms with van der Waals surface area (Å²) in [6.07, 6.45) is 6.48. The minimum atomic E-state index is 0.0512. The fourth-order valence-corrected chi connectivity index (χ4v) is 4.23. The number of nitrogens with one attached hydrogen (secondary N) is 1. The summed E-state index contributed by atoms with van der Waals surface area (Å²) in [5, 5.41) is 4.30. The third-order valence-electron chi connectivity index (χ3n) is 5.13. The van der Waals surface area contributed by atoms with Crippen LogP contribution in [0.3, 0.4) is 0 Å². The summed E-state index contributed by atoms with van der Waals surface area (Å²) in [5.74, 6) is 0. The lowest BCUT2D eigenvalue weighted by Gasteiger charge is -2.30. The van der Waals surface area contributed by atoms with Crippen LogP contribution >= 0.6 is 12.2 Å². The highest BCUT2D eigenvalue weighted by molar-refractivity contribution is 7.80. The van der Waals surface area contributed by atoms with E-state index in [1.807, 2.05) is 18.3 Å². The van der Waals surface area contributed by atoms with Crippen LogP contribution in [0.2, 0.25) is 0 Å². The summed E-state index contributed by atoms with van der Waals surface area (Å²) in [4.78, 5) is 6.89. The van der Waals surface area contributed by atoms with E-state index in [1.54, 1.807) is 0 Å². The van der Waals surface area contributed by atoms with Gasteiger partial charge in [-0.05, 0) is 56.2 Å². The van der Waals surface area contributed by atoms with Gasteiger partial charge in [-0.1, -0.05) is 6.07 Å². The maximum absolute atomic E-state index is 5.87. The molecule has 132 valence electrons. The molecule has 0 radical (unpaired) electrons. The Morgan fingerprint density at radius 2 is 2.24 bits per heavy atom. The monoisotopic (exact) mass is 356 g/mol. The van der Waals surface area contributed by atoms with Gasteiger partial charge in [-0.3, -0.25) is 4.98 Å². The van der Waals surface area contributed by atoms with Gasteiger partial charge in [-0.25, -0.2) is 0 Å². The molecule has 2 aliphatic rings. The summed E-state index contributed by atoms with van der Waals surface area (Å²) in [7, 11) is 0. The minimum absolute atomic E-state index is 0.0512. The van der Waals surface area contributed by atoms with Gasteiger partial charge in [0.15, 0.2) is 5.11 Å². The number of rotatable bonds is 5. The number of hydrogen-bond acceptors (Lipinski definition) is 3. The van der Waals surface area contributed by atoms with E-state index in [-0.39, 0.29) is 18.2 Å². The highest BCUT2D eigenvalue weighted by Crippen LogP contribution is 2.39. The van der Waals surface area contributed by atoms with Crippen LogP contribution in [0.25, 0.3) is 0 Å². The van der Waals surface area contributed by atoms with E-state index in [0.717, 1.165) is 43.3 Å². The number of ether oxygens (including phenoxy) is 1. The summed E-state index contributed by atoms with van der Waals surface area (Å²) in [5.41, 5.74) is 2.29. The number of nitrogens with zero attached hydrogens (tertiary/aromatic N) is 3. The molecule has 0 amide bonds. The normalized spacial score (nSPS) is 26.2. The van der Waals surface area contributed by atoms with Crippen molar-refractivity contribution in [3.05, 3.63) is 54.1 Å². The van der Waals surface area contributed by atoms with Gasteiger partial charge in [0.05, 0.1) is 23.9 Å². The van der Waals surface area contributed by atoms with Gasteiger partial charge in [0, 0.05) is 37.8 Å². The first-order valence-corrected chi connectivity index (χ1v) is 9.43. The Kier molecular flexibility index (Phi) is 4.72. The van der Waals surface area contributed by atoms with Gasteiger partial charge in [0.1, 0.15) is 0 Å². The third-order valence-corrected chi connectivity index (χ3v) is 5.48. The Balaban J connectivity index is 1.70. The van der Waals surface area contributed by atoms with Crippen molar-refractivity contribution in [3.63, 3.8) is 0 Å². The van der Waals surface area contributed by atoms with Gasteiger partial charge in [-0.2, -0.15) is 0 Å². The molecule has 0 aromatic carbocycles. The topological polar surface area (TPSA) is 42.3 Å². The summed E-state index contributed by atoms with van der Waals surface area (Å²) in [6.45, 7) is 4.80. The molecule has 4 heterocycles. The van der Waals surface area contributed by atoms with Gasteiger partial charge in [-0.15, -0.1) is 0 Å². The summed E-state index contributed by atoms with van der Waals surface area (Å²) < 4.78 is 8.17. The molecule has 6 heteroatoms. The van der Waals surface area contributed by atoms with Crippen LogP contribution in [-0.4, -0.2) is 38.8 Å². The number of hydrogen-bond donors (Lipinski definition) is 1. The molecule has 0 spiro atoms. The molecule has 2 aliphatic heterocycles. The zero-order valence-corrected chi connectivity index (χ0v) is 15.3. The molecule has 3 atom stereocenters. The first kappa shape index (κ1) is 16.5. The lowest BCUT2D eigenvalue weighted by Crippen LogP contribution is -2.36. The van der Waals surface area contributed by atoms with E-state index in [1.165, 1.54) is 5.69 Å². The largest absolute Gasteiger partial charge is 0.376 e. The van der Waals surface area contributed by atoms with Crippen LogP contribution in [0.15, 0.2) is 42.7 Å². The quantitative estimate of drug-likeness (QED) is 0.834. The van der Waals surface area contributed by atoms with E-state index in [9.17, 15) is 0 Å². The Labute approximate surface area is 154 Å². The first-order chi connectivity index (χ1) is 12.3. The van der Waals surface area contributed by atoms with Crippen molar-refractivity contribution in [2.75, 3.05) is 13.2 Å². The van der Waals surface area contributed by atoms with Gasteiger partial charge < -0.3 is 19.5 Å². The predicted octanol–water partition coefficient (Wildman–Crippen LogP) is 3.05. The van der Waals surface area contributed by atoms with Crippen LogP contribution in [0, 0.1) is 0 Å². The van der Waals surface area contributed by atoms with Crippen molar-refractivity contribution in [2.45, 2.75) is 44.5 Å². The highest BCUT2D eigenvalue weighted by atomic mass is 32.1. The lowest BCUT2D eigenvalue weighted by molar-refractivity contribution is 0.0834. The molecule has 2 aromatic heterocycles. The fourth-order valence-electron chi connectivity index (χ4n) is 3.92. The molecule has 2 fully saturated rings. The van der Waals surface area contributed by atoms with Crippen LogP contribution in [-0.2, 0) is 11.3 Å². The second-order valence-electron chi connectivity index (χ2n) is 6.63. The van der Waals surface area contributed by atoms with E-state index >= 15 is 0 Å². The number of aryl methyl sites for hydroxylation is 1. The van der Waals surface area contributed by atoms with E-state index in [0.29, 0.717) is 0 Å². The molecule has 4 rings (SSSR count). The van der Waals surface area contributed by atoms with Crippen LogP contribution in [0.4, 0.5) is 0 Å². The van der Waals surface area contributed by atoms with Crippen LogP contribution < -0.4 is 5.32 Å². The number of pyridine rings is 1. The second-order valence-corrected chi connectivity index (χ2v) is 7.02. The van der Waals surface area contributed by atoms with E-state index < -0.39 is 0 Å². The smallest absolute Gasteiger partial charge is 0.170 e. The SMILES string of the molecule is CCn1cccc1[C@@H]1[C@H](c2ccccn2)NC(=S)N1C[C@H]1CCCO1. The average Bonchev–Trinajstić information content (AvgIpc) is 3.37. The Hall–Kier alpha value is -1.92. The molecule has 0 aliphatic carbocycles. The predicted molar refractivity (Wildman–Crippen MR) is 101 cm³/mol. The second kappa shape index (κ2) is 7.14. The van der Waals surface area contributed by atoms with Crippen molar-refractivity contribution in [3.8, 4) is 0 Å². The molecule has 2 saturated heterocycles. The van der Waals surface area contributed by atoms with Gasteiger partial charge in [0.2, 0.25) is 0 Å². The minimum Gasteiger partial charge on any atom is -0.376 e. The van der Waals surface area contributed by atoms with Crippen molar-refractivity contribution in [1.82, 2.24) is 19.8 Å².